The van der Waals surface area contributed by atoms with E-state index in [9.17, 15) is 14.7 Å². The maximum Gasteiger partial charge on any atom is 0.310 e. The smallest absolute Gasteiger partial charge is 0.310 e. The Labute approximate surface area is 148 Å². The molecule has 130 valence electrons. The third kappa shape index (κ3) is 3.16. The molecule has 0 saturated heterocycles. The van der Waals surface area contributed by atoms with Crippen molar-refractivity contribution >= 4 is 17.6 Å². The van der Waals surface area contributed by atoms with Gasteiger partial charge >= 0.3 is 5.97 Å². The molecule has 1 atom stereocenters. The fourth-order valence-electron chi connectivity index (χ4n) is 3.41. The van der Waals surface area contributed by atoms with Crippen LogP contribution in [-0.2, 0) is 11.2 Å². The van der Waals surface area contributed by atoms with Gasteiger partial charge in [-0.15, -0.1) is 0 Å². The van der Waals surface area contributed by atoms with E-state index in [2.05, 4.69) is 13.8 Å². The maximum atomic E-state index is 13.1. The number of carboxylic acid groups (broad SMARTS) is 1. The van der Waals surface area contributed by atoms with E-state index in [0.717, 1.165) is 29.7 Å². The Bertz CT molecular complexity index is 811. The molecule has 2 aromatic carbocycles. The van der Waals surface area contributed by atoms with E-state index >= 15 is 0 Å². The van der Waals surface area contributed by atoms with Gasteiger partial charge in [0, 0.05) is 16.8 Å². The second-order valence-corrected chi connectivity index (χ2v) is 7.27. The summed E-state index contributed by atoms with van der Waals surface area (Å²) in [5.74, 6) is -1.42. The number of anilines is 1. The molecule has 0 radical (unpaired) electrons. The summed E-state index contributed by atoms with van der Waals surface area (Å²) in [6.45, 7) is 5.83. The third-order valence-electron chi connectivity index (χ3n) is 5.05. The summed E-state index contributed by atoms with van der Waals surface area (Å²) >= 11 is 0. The Balaban J connectivity index is 2.05. The molecular formula is C21H23NO3. The molecule has 1 aliphatic rings. The summed E-state index contributed by atoms with van der Waals surface area (Å²) in [4.78, 5) is 26.3. The molecule has 1 aliphatic heterocycles. The van der Waals surface area contributed by atoms with Crippen LogP contribution in [0, 0.1) is 0 Å². The van der Waals surface area contributed by atoms with Crippen LogP contribution in [-0.4, -0.2) is 22.5 Å². The monoisotopic (exact) mass is 337 g/mol. The van der Waals surface area contributed by atoms with Gasteiger partial charge in [-0.2, -0.15) is 0 Å². The summed E-state index contributed by atoms with van der Waals surface area (Å²) in [5.41, 5.74) is 3.06. The molecule has 0 fully saturated rings. The Morgan fingerprint density at radius 2 is 1.80 bits per heavy atom. The predicted molar refractivity (Wildman–Crippen MR) is 98.1 cm³/mol. The van der Waals surface area contributed by atoms with Crippen molar-refractivity contribution in [3.63, 3.8) is 0 Å². The molecular weight excluding hydrogens is 314 g/mol. The molecule has 1 heterocycles. The van der Waals surface area contributed by atoms with Crippen LogP contribution in [0.5, 0.6) is 0 Å². The topological polar surface area (TPSA) is 57.6 Å². The molecule has 1 amide bonds. The number of carbonyl (C=O) groups is 2. The summed E-state index contributed by atoms with van der Waals surface area (Å²) in [7, 11) is 0. The summed E-state index contributed by atoms with van der Waals surface area (Å²) in [6.07, 6.45) is 1.67. The molecule has 25 heavy (non-hydrogen) atoms. The van der Waals surface area contributed by atoms with Gasteiger partial charge < -0.3 is 10.0 Å². The van der Waals surface area contributed by atoms with Crippen LogP contribution in [0.4, 0.5) is 5.69 Å². The molecule has 0 bridgehead atoms. The molecule has 0 aliphatic carbocycles. The molecule has 3 rings (SSSR count). The van der Waals surface area contributed by atoms with Crippen molar-refractivity contribution in [2.75, 3.05) is 4.90 Å². The van der Waals surface area contributed by atoms with Gasteiger partial charge in [-0.3, -0.25) is 9.59 Å². The number of amides is 1. The zero-order valence-electron chi connectivity index (χ0n) is 14.8. The van der Waals surface area contributed by atoms with E-state index in [1.807, 2.05) is 53.4 Å². The molecule has 4 nitrogen and oxygen atoms in total. The molecule has 0 spiro atoms. The predicted octanol–water partition coefficient (Wildman–Crippen LogP) is 4.25. The van der Waals surface area contributed by atoms with Gasteiger partial charge in [0.25, 0.3) is 5.91 Å². The van der Waals surface area contributed by atoms with Crippen molar-refractivity contribution < 1.29 is 14.7 Å². The molecule has 4 heteroatoms. The number of carboxylic acids is 1. The molecule has 1 N–H and O–H groups in total. The van der Waals surface area contributed by atoms with Crippen LogP contribution in [0.2, 0.25) is 0 Å². The largest absolute Gasteiger partial charge is 0.481 e. The van der Waals surface area contributed by atoms with Crippen molar-refractivity contribution in [3.8, 4) is 0 Å². The van der Waals surface area contributed by atoms with E-state index in [1.54, 1.807) is 6.92 Å². The number of aliphatic carboxylic acids is 1. The number of benzene rings is 2. The third-order valence-corrected chi connectivity index (χ3v) is 5.05. The standard InChI is InChI=1S/C21H23NO3/c1-14(20(24)25)16-9-10-18-17(13-16)11-12-21(2,3)22(18)19(23)15-7-5-4-6-8-15/h4-10,13-14H,11-12H2,1-3H3,(H,24,25). The average molecular weight is 337 g/mol. The molecule has 1 unspecified atom stereocenters. The highest BCUT2D eigenvalue weighted by molar-refractivity contribution is 6.07. The summed E-state index contributed by atoms with van der Waals surface area (Å²) in [6, 6.07) is 14.9. The summed E-state index contributed by atoms with van der Waals surface area (Å²) in [5, 5.41) is 9.25. The van der Waals surface area contributed by atoms with Crippen molar-refractivity contribution in [1.82, 2.24) is 0 Å². The highest BCUT2D eigenvalue weighted by Gasteiger charge is 2.37. The molecule has 2 aromatic rings. The number of fused-ring (bicyclic) bond motifs is 1. The second kappa shape index (κ2) is 6.36. The number of hydrogen-bond donors (Lipinski definition) is 1. The van der Waals surface area contributed by atoms with Crippen LogP contribution in [0.1, 0.15) is 54.6 Å². The lowest BCUT2D eigenvalue weighted by atomic mass is 9.84. The number of hydrogen-bond acceptors (Lipinski definition) is 2. The van der Waals surface area contributed by atoms with E-state index < -0.39 is 11.9 Å². The van der Waals surface area contributed by atoms with Crippen LogP contribution in [0.25, 0.3) is 0 Å². The Kier molecular flexibility index (Phi) is 4.38. The van der Waals surface area contributed by atoms with Crippen molar-refractivity contribution in [2.24, 2.45) is 0 Å². The van der Waals surface area contributed by atoms with E-state index in [1.165, 1.54) is 0 Å². The fraction of sp³-hybridized carbons (Fsp3) is 0.333. The van der Waals surface area contributed by atoms with E-state index in [0.29, 0.717) is 5.56 Å². The van der Waals surface area contributed by atoms with Gasteiger partial charge in [0.05, 0.1) is 5.92 Å². The van der Waals surface area contributed by atoms with Crippen LogP contribution in [0.15, 0.2) is 48.5 Å². The second-order valence-electron chi connectivity index (χ2n) is 7.27. The van der Waals surface area contributed by atoms with Gasteiger partial charge in [-0.1, -0.05) is 30.3 Å². The van der Waals surface area contributed by atoms with Gasteiger partial charge in [-0.05, 0) is 62.9 Å². The maximum absolute atomic E-state index is 13.1. The van der Waals surface area contributed by atoms with E-state index in [4.69, 9.17) is 0 Å². The number of nitrogens with zero attached hydrogens (tertiary/aromatic N) is 1. The Hall–Kier alpha value is -2.62. The number of rotatable bonds is 3. The highest BCUT2D eigenvalue weighted by Crippen LogP contribution is 2.39. The lowest BCUT2D eigenvalue weighted by Crippen LogP contribution is -2.51. The van der Waals surface area contributed by atoms with Crippen molar-refractivity contribution in [3.05, 3.63) is 65.2 Å². The zero-order valence-corrected chi connectivity index (χ0v) is 14.8. The highest BCUT2D eigenvalue weighted by atomic mass is 16.4. The van der Waals surface area contributed by atoms with Crippen molar-refractivity contribution in [1.29, 1.82) is 0 Å². The van der Waals surface area contributed by atoms with Crippen LogP contribution < -0.4 is 4.90 Å². The van der Waals surface area contributed by atoms with Gasteiger partial charge in [0.1, 0.15) is 0 Å². The lowest BCUT2D eigenvalue weighted by molar-refractivity contribution is -0.138. The first-order valence-electron chi connectivity index (χ1n) is 8.56. The summed E-state index contributed by atoms with van der Waals surface area (Å²) < 4.78 is 0. The van der Waals surface area contributed by atoms with Crippen LogP contribution in [0.3, 0.4) is 0 Å². The normalized spacial score (nSPS) is 16.8. The van der Waals surface area contributed by atoms with Crippen molar-refractivity contribution in [2.45, 2.75) is 45.1 Å². The number of carbonyl (C=O) groups excluding carboxylic acids is 1. The zero-order chi connectivity index (χ0) is 18.2. The first kappa shape index (κ1) is 17.2. The first-order chi connectivity index (χ1) is 11.8. The SMILES string of the molecule is CC(C(=O)O)c1ccc2c(c1)CCC(C)(C)N2C(=O)c1ccccc1. The van der Waals surface area contributed by atoms with Gasteiger partial charge in [0.2, 0.25) is 0 Å². The molecule has 0 aromatic heterocycles. The Morgan fingerprint density at radius 3 is 2.44 bits per heavy atom. The van der Waals surface area contributed by atoms with Crippen LogP contribution >= 0.6 is 0 Å². The lowest BCUT2D eigenvalue weighted by Gasteiger charge is -2.43. The first-order valence-corrected chi connectivity index (χ1v) is 8.56. The minimum Gasteiger partial charge on any atom is -0.481 e. The minimum absolute atomic E-state index is 0.0226. The average Bonchev–Trinajstić information content (AvgIpc) is 2.60. The number of aryl methyl sites for hydroxylation is 1. The minimum atomic E-state index is -0.840. The quantitative estimate of drug-likeness (QED) is 0.911. The fourth-order valence-corrected chi connectivity index (χ4v) is 3.41. The Morgan fingerprint density at radius 1 is 1.12 bits per heavy atom. The van der Waals surface area contributed by atoms with Gasteiger partial charge in [-0.25, -0.2) is 0 Å². The molecule has 0 saturated carbocycles. The van der Waals surface area contributed by atoms with Gasteiger partial charge in [0.15, 0.2) is 0 Å². The van der Waals surface area contributed by atoms with E-state index in [-0.39, 0.29) is 11.4 Å².